The smallest absolute Gasteiger partial charge is 0.340 e. The van der Waals surface area contributed by atoms with Gasteiger partial charge in [0.2, 0.25) is 0 Å². The van der Waals surface area contributed by atoms with E-state index in [4.69, 9.17) is 9.47 Å². The second kappa shape index (κ2) is 5.14. The van der Waals surface area contributed by atoms with Gasteiger partial charge in [-0.3, -0.25) is 0 Å². The van der Waals surface area contributed by atoms with Crippen LogP contribution in [0.3, 0.4) is 0 Å². The predicted octanol–water partition coefficient (Wildman–Crippen LogP) is 5.11. The number of esters is 1. The lowest BCUT2D eigenvalue weighted by Gasteiger charge is -2.37. The minimum Gasteiger partial charge on any atom is -0.508 e. The normalized spacial score (nSPS) is 18.9. The highest BCUT2D eigenvalue weighted by atomic mass is 16.6. The van der Waals surface area contributed by atoms with Crippen LogP contribution in [0.25, 0.3) is 10.8 Å². The molecule has 0 saturated carbocycles. The van der Waals surface area contributed by atoms with Crippen LogP contribution in [-0.4, -0.2) is 11.1 Å². The first-order chi connectivity index (χ1) is 13.7. The molecule has 1 spiro atoms. The van der Waals surface area contributed by atoms with E-state index >= 15 is 0 Å². The lowest BCUT2D eigenvalue weighted by Crippen LogP contribution is -2.33. The van der Waals surface area contributed by atoms with Crippen LogP contribution >= 0.6 is 0 Å². The van der Waals surface area contributed by atoms with E-state index in [1.165, 1.54) is 0 Å². The monoisotopic (exact) mass is 366 g/mol. The van der Waals surface area contributed by atoms with Crippen LogP contribution in [-0.2, 0) is 10.3 Å². The lowest BCUT2D eigenvalue weighted by atomic mass is 9.77. The quantitative estimate of drug-likeness (QED) is 0.439. The van der Waals surface area contributed by atoms with Gasteiger partial charge in [-0.1, -0.05) is 42.5 Å². The summed E-state index contributed by atoms with van der Waals surface area (Å²) >= 11 is 0. The Morgan fingerprint density at radius 3 is 2.46 bits per heavy atom. The van der Waals surface area contributed by atoms with Crippen molar-refractivity contribution in [2.24, 2.45) is 0 Å². The molecule has 134 valence electrons. The van der Waals surface area contributed by atoms with Gasteiger partial charge in [0.15, 0.2) is 5.60 Å². The average molecular weight is 366 g/mol. The molecule has 1 unspecified atom stereocenters. The molecule has 1 N–H and O–H groups in total. The number of fused-ring (bicyclic) bond motifs is 8. The van der Waals surface area contributed by atoms with E-state index in [0.717, 1.165) is 27.5 Å². The molecular formula is C24H14O4. The maximum Gasteiger partial charge on any atom is 0.340 e. The minimum absolute atomic E-state index is 0.191. The lowest BCUT2D eigenvalue weighted by molar-refractivity contribution is 0.0225. The van der Waals surface area contributed by atoms with E-state index in [-0.39, 0.29) is 11.7 Å². The second-order valence-electron chi connectivity index (χ2n) is 7.06. The summed E-state index contributed by atoms with van der Waals surface area (Å²) < 4.78 is 12.4. The molecule has 2 aliphatic heterocycles. The van der Waals surface area contributed by atoms with Gasteiger partial charge in [-0.05, 0) is 41.8 Å². The number of carbonyl (C=O) groups excluding carboxylic acids is 1. The Kier molecular flexibility index (Phi) is 2.80. The summed E-state index contributed by atoms with van der Waals surface area (Å²) in [6.07, 6.45) is 0. The number of aromatic hydroxyl groups is 1. The van der Waals surface area contributed by atoms with Crippen LogP contribution in [0.1, 0.15) is 27.0 Å². The molecule has 0 aliphatic carbocycles. The van der Waals surface area contributed by atoms with Gasteiger partial charge in [0.25, 0.3) is 0 Å². The van der Waals surface area contributed by atoms with Gasteiger partial charge in [0.05, 0.1) is 5.56 Å². The Balaban J connectivity index is 1.77. The molecule has 2 heterocycles. The fraction of sp³-hybridized carbons (Fsp3) is 0.0417. The highest BCUT2D eigenvalue weighted by Gasteiger charge is 2.53. The Morgan fingerprint density at radius 2 is 1.57 bits per heavy atom. The van der Waals surface area contributed by atoms with Gasteiger partial charge in [-0.2, -0.15) is 0 Å². The van der Waals surface area contributed by atoms with Gasteiger partial charge in [0, 0.05) is 22.1 Å². The van der Waals surface area contributed by atoms with Crippen molar-refractivity contribution in [3.8, 4) is 17.2 Å². The molecule has 4 aromatic carbocycles. The van der Waals surface area contributed by atoms with Crippen molar-refractivity contribution in [2.75, 3.05) is 0 Å². The molecule has 2 aliphatic rings. The van der Waals surface area contributed by atoms with Crippen LogP contribution < -0.4 is 4.74 Å². The van der Waals surface area contributed by atoms with E-state index in [0.29, 0.717) is 17.1 Å². The molecule has 0 aromatic heterocycles. The number of hydrogen-bond acceptors (Lipinski definition) is 4. The number of carbonyl (C=O) groups is 1. The summed E-state index contributed by atoms with van der Waals surface area (Å²) in [6.45, 7) is 0. The molecule has 1 atom stereocenters. The first-order valence-electron chi connectivity index (χ1n) is 9.05. The van der Waals surface area contributed by atoms with E-state index in [2.05, 4.69) is 0 Å². The van der Waals surface area contributed by atoms with Gasteiger partial charge < -0.3 is 14.6 Å². The Bertz CT molecular complexity index is 1310. The number of phenols is 1. The van der Waals surface area contributed by atoms with Gasteiger partial charge in [-0.25, -0.2) is 4.79 Å². The fourth-order valence-corrected chi connectivity index (χ4v) is 4.39. The second-order valence-corrected chi connectivity index (χ2v) is 7.06. The van der Waals surface area contributed by atoms with Crippen LogP contribution in [0.5, 0.6) is 17.2 Å². The van der Waals surface area contributed by atoms with Crippen molar-refractivity contribution in [3.05, 3.63) is 101 Å². The van der Waals surface area contributed by atoms with E-state index in [1.807, 2.05) is 60.7 Å². The first-order valence-corrected chi connectivity index (χ1v) is 9.05. The Morgan fingerprint density at radius 1 is 0.786 bits per heavy atom. The third kappa shape index (κ3) is 1.77. The highest BCUT2D eigenvalue weighted by molar-refractivity contribution is 5.99. The van der Waals surface area contributed by atoms with Crippen molar-refractivity contribution in [1.82, 2.24) is 0 Å². The maximum atomic E-state index is 12.8. The minimum atomic E-state index is -1.05. The maximum absolute atomic E-state index is 12.8. The number of para-hydroxylation sites is 1. The van der Waals surface area contributed by atoms with Crippen molar-refractivity contribution in [3.63, 3.8) is 0 Å². The summed E-state index contributed by atoms with van der Waals surface area (Å²) in [4.78, 5) is 12.8. The largest absolute Gasteiger partial charge is 0.508 e. The zero-order valence-electron chi connectivity index (χ0n) is 14.7. The van der Waals surface area contributed by atoms with E-state index in [1.54, 1.807) is 18.2 Å². The molecule has 4 aromatic rings. The zero-order chi connectivity index (χ0) is 18.9. The number of rotatable bonds is 0. The molecule has 0 saturated heterocycles. The number of hydrogen-bond donors (Lipinski definition) is 1. The number of benzene rings is 4. The predicted molar refractivity (Wildman–Crippen MR) is 104 cm³/mol. The molecule has 0 fully saturated rings. The fourth-order valence-electron chi connectivity index (χ4n) is 4.39. The molecule has 0 bridgehead atoms. The first kappa shape index (κ1) is 15.3. The van der Waals surface area contributed by atoms with Crippen molar-refractivity contribution in [1.29, 1.82) is 0 Å². The third-order valence-electron chi connectivity index (χ3n) is 5.58. The van der Waals surface area contributed by atoms with Crippen LogP contribution in [0, 0.1) is 0 Å². The van der Waals surface area contributed by atoms with Crippen molar-refractivity contribution in [2.45, 2.75) is 5.60 Å². The summed E-state index contributed by atoms with van der Waals surface area (Å²) in [6, 6.07) is 24.1. The number of ether oxygens (including phenoxy) is 2. The molecule has 28 heavy (non-hydrogen) atoms. The molecular weight excluding hydrogens is 352 g/mol. The summed E-state index contributed by atoms with van der Waals surface area (Å²) in [5.41, 5.74) is 1.91. The Hall–Kier alpha value is -3.79. The van der Waals surface area contributed by atoms with Gasteiger partial charge >= 0.3 is 5.97 Å². The molecule has 0 radical (unpaired) electrons. The summed E-state index contributed by atoms with van der Waals surface area (Å²) in [5, 5.41) is 11.6. The summed E-state index contributed by atoms with van der Waals surface area (Å²) in [7, 11) is 0. The topological polar surface area (TPSA) is 55.8 Å². The van der Waals surface area contributed by atoms with E-state index in [9.17, 15) is 9.90 Å². The molecule has 6 rings (SSSR count). The molecule has 4 nitrogen and oxygen atoms in total. The average Bonchev–Trinajstić information content (AvgIpc) is 3.01. The van der Waals surface area contributed by atoms with Crippen LogP contribution in [0.4, 0.5) is 0 Å². The SMILES string of the molecule is O=C1OC2(c3ccccc3Oc3c2ccc2cc(O)ccc32)c2ccccc21. The third-order valence-corrected chi connectivity index (χ3v) is 5.58. The standard InChI is InChI=1S/C24H14O4/c25-15-10-11-16-14(13-15)9-12-20-22(16)27-21-8-4-3-7-19(21)24(20)18-6-2-1-5-17(18)23(26)28-24/h1-13,25H. The molecule has 0 amide bonds. The highest BCUT2D eigenvalue weighted by Crippen LogP contribution is 2.57. The Labute approximate surface area is 160 Å². The molecule has 4 heteroatoms. The van der Waals surface area contributed by atoms with E-state index < -0.39 is 5.60 Å². The van der Waals surface area contributed by atoms with Crippen molar-refractivity contribution < 1.29 is 19.4 Å². The van der Waals surface area contributed by atoms with Crippen LogP contribution in [0.15, 0.2) is 78.9 Å². The van der Waals surface area contributed by atoms with Crippen molar-refractivity contribution >= 4 is 16.7 Å². The number of phenolic OH excluding ortho intramolecular Hbond substituents is 1. The van der Waals surface area contributed by atoms with Gasteiger partial charge in [-0.15, -0.1) is 0 Å². The zero-order valence-corrected chi connectivity index (χ0v) is 14.7. The van der Waals surface area contributed by atoms with Gasteiger partial charge in [0.1, 0.15) is 17.2 Å². The summed E-state index contributed by atoms with van der Waals surface area (Å²) in [5.74, 6) is 1.14. The van der Waals surface area contributed by atoms with Crippen LogP contribution in [0.2, 0.25) is 0 Å².